The maximum Gasteiger partial charge on any atom is 0.319 e. The number of hydrogen-bond acceptors (Lipinski definition) is 6. The van der Waals surface area contributed by atoms with E-state index < -0.39 is 5.60 Å². The zero-order chi connectivity index (χ0) is 20.3. The fourth-order valence-electron chi connectivity index (χ4n) is 5.94. The van der Waals surface area contributed by atoms with Gasteiger partial charge < -0.3 is 19.5 Å². The summed E-state index contributed by atoms with van der Waals surface area (Å²) in [6.45, 7) is 8.00. The van der Waals surface area contributed by atoms with Gasteiger partial charge in [-0.25, -0.2) is 4.98 Å². The molecule has 2 saturated carbocycles. The van der Waals surface area contributed by atoms with Crippen molar-refractivity contribution in [2.24, 2.45) is 17.8 Å². The molecule has 3 atom stereocenters. The number of ether oxygens (including phenoxy) is 2. The lowest BCUT2D eigenvalue weighted by Gasteiger charge is -2.53. The second-order valence-electron chi connectivity index (χ2n) is 9.11. The normalized spacial score (nSPS) is 30.9. The number of aliphatic hydroxyl groups is 1. The van der Waals surface area contributed by atoms with E-state index in [1.54, 1.807) is 6.20 Å². The SMILES string of the molecule is CCOc1ncc(C2(O)[C@@H]3CCC[C@H]2CN(CC2CCCCC2)C3)c(OCC)n1. The minimum Gasteiger partial charge on any atom is -0.478 e. The highest BCUT2D eigenvalue weighted by atomic mass is 16.5. The molecule has 1 saturated heterocycles. The van der Waals surface area contributed by atoms with E-state index in [4.69, 9.17) is 9.47 Å². The average Bonchev–Trinajstić information content (AvgIpc) is 2.70. The molecule has 2 aliphatic carbocycles. The van der Waals surface area contributed by atoms with Crippen molar-refractivity contribution in [1.82, 2.24) is 14.9 Å². The van der Waals surface area contributed by atoms with E-state index in [-0.39, 0.29) is 11.8 Å². The van der Waals surface area contributed by atoms with E-state index in [0.29, 0.717) is 25.1 Å². The van der Waals surface area contributed by atoms with Crippen molar-refractivity contribution in [2.45, 2.75) is 70.8 Å². The van der Waals surface area contributed by atoms with Gasteiger partial charge in [-0.1, -0.05) is 25.7 Å². The highest BCUT2D eigenvalue weighted by Crippen LogP contribution is 2.51. The zero-order valence-electron chi connectivity index (χ0n) is 18.1. The maximum atomic E-state index is 12.0. The molecule has 0 spiro atoms. The molecule has 6 nitrogen and oxygen atoms in total. The predicted molar refractivity (Wildman–Crippen MR) is 112 cm³/mol. The molecular formula is C23H37N3O3. The molecule has 3 fully saturated rings. The molecule has 1 N–H and O–H groups in total. The van der Waals surface area contributed by atoms with E-state index in [1.807, 2.05) is 13.8 Å². The van der Waals surface area contributed by atoms with Crippen LogP contribution in [0.1, 0.15) is 70.8 Å². The lowest BCUT2D eigenvalue weighted by Crippen LogP contribution is -2.59. The third-order valence-corrected chi connectivity index (χ3v) is 7.27. The highest BCUT2D eigenvalue weighted by molar-refractivity contribution is 5.34. The summed E-state index contributed by atoms with van der Waals surface area (Å²) in [4.78, 5) is 11.5. The lowest BCUT2D eigenvalue weighted by molar-refractivity contribution is -0.150. The molecule has 3 aliphatic rings. The number of hydrogen-bond donors (Lipinski definition) is 1. The van der Waals surface area contributed by atoms with Crippen LogP contribution in [0.3, 0.4) is 0 Å². The van der Waals surface area contributed by atoms with Crippen molar-refractivity contribution in [3.63, 3.8) is 0 Å². The van der Waals surface area contributed by atoms with Crippen LogP contribution < -0.4 is 9.47 Å². The number of aromatic nitrogens is 2. The van der Waals surface area contributed by atoms with Gasteiger partial charge in [-0.15, -0.1) is 0 Å². The van der Waals surface area contributed by atoms with Gasteiger partial charge in [-0.2, -0.15) is 4.98 Å². The summed E-state index contributed by atoms with van der Waals surface area (Å²) in [5, 5.41) is 12.0. The third-order valence-electron chi connectivity index (χ3n) is 7.27. The molecule has 1 unspecified atom stereocenters. The Bertz CT molecular complexity index is 663. The minimum absolute atomic E-state index is 0.208. The molecule has 29 heavy (non-hydrogen) atoms. The van der Waals surface area contributed by atoms with Crippen LogP contribution in [0.5, 0.6) is 11.9 Å². The van der Waals surface area contributed by atoms with Crippen LogP contribution in [0.25, 0.3) is 0 Å². The lowest BCUT2D eigenvalue weighted by atomic mass is 9.62. The summed E-state index contributed by atoms with van der Waals surface area (Å²) in [6, 6.07) is 0.322. The Labute approximate surface area is 175 Å². The standard InChI is InChI=1S/C23H37N3O3/c1-3-28-21-20(13-24-22(25-21)29-4-2)23(27)18-11-8-12-19(23)16-26(15-18)14-17-9-6-5-7-10-17/h13,17-19,27H,3-12,14-16H2,1-2H3/t18-,19+,23?. The molecule has 0 aromatic carbocycles. The van der Waals surface area contributed by atoms with Crippen LogP contribution >= 0.6 is 0 Å². The Balaban J connectivity index is 1.57. The van der Waals surface area contributed by atoms with E-state index in [0.717, 1.165) is 37.4 Å². The van der Waals surface area contributed by atoms with Crippen LogP contribution in [-0.4, -0.2) is 52.8 Å². The van der Waals surface area contributed by atoms with Gasteiger partial charge in [0.15, 0.2) is 0 Å². The number of nitrogens with zero attached hydrogens (tertiary/aromatic N) is 3. The molecule has 2 heterocycles. The van der Waals surface area contributed by atoms with Crippen LogP contribution in [-0.2, 0) is 5.60 Å². The van der Waals surface area contributed by atoms with Crippen LogP contribution in [0.15, 0.2) is 6.20 Å². The topological polar surface area (TPSA) is 67.7 Å². The van der Waals surface area contributed by atoms with Gasteiger partial charge in [-0.3, -0.25) is 0 Å². The van der Waals surface area contributed by atoms with Crippen molar-refractivity contribution in [3.05, 3.63) is 11.8 Å². The zero-order valence-corrected chi connectivity index (χ0v) is 18.1. The van der Waals surface area contributed by atoms with E-state index in [9.17, 15) is 5.11 Å². The first-order valence-corrected chi connectivity index (χ1v) is 11.7. The first kappa shape index (κ1) is 20.9. The van der Waals surface area contributed by atoms with Crippen molar-refractivity contribution >= 4 is 0 Å². The minimum atomic E-state index is -0.906. The quantitative estimate of drug-likeness (QED) is 0.747. The van der Waals surface area contributed by atoms with Gasteiger partial charge in [0.2, 0.25) is 5.88 Å². The maximum absolute atomic E-state index is 12.0. The van der Waals surface area contributed by atoms with Gasteiger partial charge in [-0.05, 0) is 45.4 Å². The summed E-state index contributed by atoms with van der Waals surface area (Å²) in [7, 11) is 0. The van der Waals surface area contributed by atoms with E-state index in [1.165, 1.54) is 45.1 Å². The summed E-state index contributed by atoms with van der Waals surface area (Å²) in [6.07, 6.45) is 12.0. The monoisotopic (exact) mass is 403 g/mol. The number of likely N-dealkylation sites (tertiary alicyclic amines) is 1. The Hall–Kier alpha value is -1.40. The van der Waals surface area contributed by atoms with Gasteiger partial charge >= 0.3 is 6.01 Å². The fourth-order valence-corrected chi connectivity index (χ4v) is 5.94. The molecule has 0 amide bonds. The Morgan fingerprint density at radius 3 is 2.34 bits per heavy atom. The van der Waals surface area contributed by atoms with Gasteiger partial charge in [0.05, 0.1) is 18.8 Å². The van der Waals surface area contributed by atoms with Crippen molar-refractivity contribution in [2.75, 3.05) is 32.8 Å². The van der Waals surface area contributed by atoms with E-state index in [2.05, 4.69) is 14.9 Å². The van der Waals surface area contributed by atoms with Crippen LogP contribution in [0.4, 0.5) is 0 Å². The summed E-state index contributed by atoms with van der Waals surface area (Å²) in [5.74, 6) is 1.74. The van der Waals surface area contributed by atoms with Crippen molar-refractivity contribution in [3.8, 4) is 11.9 Å². The first-order chi connectivity index (χ1) is 14.1. The van der Waals surface area contributed by atoms with E-state index >= 15 is 0 Å². The summed E-state index contributed by atoms with van der Waals surface area (Å²) >= 11 is 0. The molecule has 162 valence electrons. The fraction of sp³-hybridized carbons (Fsp3) is 0.826. The first-order valence-electron chi connectivity index (χ1n) is 11.7. The van der Waals surface area contributed by atoms with Crippen molar-refractivity contribution in [1.29, 1.82) is 0 Å². The molecule has 0 radical (unpaired) electrons. The predicted octanol–water partition coefficient (Wildman–Crippen LogP) is 3.77. The Morgan fingerprint density at radius 2 is 1.69 bits per heavy atom. The Kier molecular flexibility index (Phi) is 6.60. The highest BCUT2D eigenvalue weighted by Gasteiger charge is 2.53. The summed E-state index contributed by atoms with van der Waals surface area (Å²) in [5.41, 5.74) is -0.147. The van der Waals surface area contributed by atoms with Crippen LogP contribution in [0, 0.1) is 17.8 Å². The molecule has 1 aliphatic heterocycles. The molecule has 4 rings (SSSR count). The molecule has 2 bridgehead atoms. The molecule has 1 aromatic heterocycles. The molecule has 6 heteroatoms. The molecule has 1 aromatic rings. The largest absolute Gasteiger partial charge is 0.478 e. The second-order valence-corrected chi connectivity index (χ2v) is 9.11. The number of fused-ring (bicyclic) bond motifs is 2. The van der Waals surface area contributed by atoms with Gasteiger partial charge in [0.25, 0.3) is 0 Å². The smallest absolute Gasteiger partial charge is 0.319 e. The molecular weight excluding hydrogens is 366 g/mol. The second kappa shape index (κ2) is 9.17. The average molecular weight is 404 g/mol. The summed E-state index contributed by atoms with van der Waals surface area (Å²) < 4.78 is 11.3. The number of rotatable bonds is 7. The van der Waals surface area contributed by atoms with Crippen LogP contribution in [0.2, 0.25) is 0 Å². The number of piperidine rings is 1. The Morgan fingerprint density at radius 1 is 1.00 bits per heavy atom. The van der Waals surface area contributed by atoms with Gasteiger partial charge in [0, 0.05) is 37.7 Å². The third kappa shape index (κ3) is 4.24. The van der Waals surface area contributed by atoms with Gasteiger partial charge in [0.1, 0.15) is 5.60 Å². The van der Waals surface area contributed by atoms with Crippen molar-refractivity contribution < 1.29 is 14.6 Å².